The minimum atomic E-state index is -0.310. The van der Waals surface area contributed by atoms with Crippen molar-refractivity contribution < 1.29 is 9.90 Å². The minimum Gasteiger partial charge on any atom is -0.393 e. The lowest BCUT2D eigenvalue weighted by Crippen LogP contribution is -2.45. The van der Waals surface area contributed by atoms with Crippen molar-refractivity contribution >= 4 is 5.91 Å². The van der Waals surface area contributed by atoms with Crippen molar-refractivity contribution in [1.29, 1.82) is 0 Å². The molecule has 110 valence electrons. The number of H-pyrrole nitrogens is 1. The third kappa shape index (κ3) is 2.83. The van der Waals surface area contributed by atoms with Gasteiger partial charge in [-0.1, -0.05) is 37.3 Å². The Morgan fingerprint density at radius 1 is 1.38 bits per heavy atom. The number of aromatic amines is 1. The lowest BCUT2D eigenvalue weighted by Gasteiger charge is -2.34. The van der Waals surface area contributed by atoms with Crippen LogP contribution in [0, 0.1) is 5.92 Å². The molecule has 1 aliphatic heterocycles. The molecule has 0 spiro atoms. The van der Waals surface area contributed by atoms with Crippen LogP contribution in [0.1, 0.15) is 23.8 Å². The standard InChI is InChI=1S/C16H19N3O2/c1-11-10-19(8-7-15(11)20)16(21)14-9-13(17-18-14)12-5-3-2-4-6-12/h2-6,9,11,15,20H,7-8,10H2,1H3,(H,17,18). The molecule has 0 aliphatic carbocycles. The maximum absolute atomic E-state index is 12.5. The van der Waals surface area contributed by atoms with Gasteiger partial charge in [0.2, 0.25) is 0 Å². The van der Waals surface area contributed by atoms with Crippen LogP contribution >= 0.6 is 0 Å². The first-order chi connectivity index (χ1) is 10.1. The number of carbonyl (C=O) groups is 1. The Morgan fingerprint density at radius 3 is 2.86 bits per heavy atom. The largest absolute Gasteiger partial charge is 0.393 e. The van der Waals surface area contributed by atoms with Crippen LogP contribution in [0.3, 0.4) is 0 Å². The molecule has 2 atom stereocenters. The molecule has 1 aromatic heterocycles. The van der Waals surface area contributed by atoms with Gasteiger partial charge in [0, 0.05) is 18.7 Å². The zero-order chi connectivity index (χ0) is 14.8. The van der Waals surface area contributed by atoms with Gasteiger partial charge in [0.25, 0.3) is 5.91 Å². The highest BCUT2D eigenvalue weighted by molar-refractivity contribution is 5.93. The first-order valence-corrected chi connectivity index (χ1v) is 7.23. The van der Waals surface area contributed by atoms with Crippen molar-refractivity contribution in [3.63, 3.8) is 0 Å². The van der Waals surface area contributed by atoms with Crippen molar-refractivity contribution in [2.24, 2.45) is 5.92 Å². The molecule has 1 aliphatic rings. The van der Waals surface area contributed by atoms with E-state index >= 15 is 0 Å². The summed E-state index contributed by atoms with van der Waals surface area (Å²) in [6.07, 6.45) is 0.322. The van der Waals surface area contributed by atoms with Crippen LogP contribution in [0.2, 0.25) is 0 Å². The fourth-order valence-electron chi connectivity index (χ4n) is 2.68. The molecule has 3 rings (SSSR count). The first-order valence-electron chi connectivity index (χ1n) is 7.23. The molecule has 1 amide bonds. The summed E-state index contributed by atoms with van der Waals surface area (Å²) in [5.74, 6) is 0.0580. The Balaban J connectivity index is 1.76. The summed E-state index contributed by atoms with van der Waals surface area (Å²) in [6.45, 7) is 3.14. The number of nitrogens with zero attached hydrogens (tertiary/aromatic N) is 2. The van der Waals surface area contributed by atoms with Crippen LogP contribution in [0.15, 0.2) is 36.4 Å². The molecule has 2 unspecified atom stereocenters. The normalized spacial score (nSPS) is 22.3. The van der Waals surface area contributed by atoms with Crippen LogP contribution in [-0.4, -0.2) is 45.3 Å². The highest BCUT2D eigenvalue weighted by Crippen LogP contribution is 2.21. The SMILES string of the molecule is CC1CN(C(=O)c2cc(-c3ccccc3)n[nH]2)CCC1O. The van der Waals surface area contributed by atoms with Gasteiger partial charge in [0.05, 0.1) is 11.8 Å². The topological polar surface area (TPSA) is 69.2 Å². The predicted molar refractivity (Wildman–Crippen MR) is 79.7 cm³/mol. The number of carbonyl (C=O) groups excluding carboxylic acids is 1. The third-order valence-corrected chi connectivity index (χ3v) is 4.03. The quantitative estimate of drug-likeness (QED) is 0.885. The van der Waals surface area contributed by atoms with Gasteiger partial charge in [-0.25, -0.2) is 0 Å². The number of hydrogen-bond donors (Lipinski definition) is 2. The summed E-state index contributed by atoms with van der Waals surface area (Å²) in [5.41, 5.74) is 2.25. The molecule has 2 aromatic rings. The predicted octanol–water partition coefficient (Wildman–Crippen LogP) is 1.92. The second-order valence-electron chi connectivity index (χ2n) is 5.62. The first kappa shape index (κ1) is 13.8. The van der Waals surface area contributed by atoms with Crippen LogP contribution in [0.25, 0.3) is 11.3 Å². The zero-order valence-electron chi connectivity index (χ0n) is 12.0. The second kappa shape index (κ2) is 5.69. The number of aliphatic hydroxyl groups is 1. The van der Waals surface area contributed by atoms with E-state index in [1.807, 2.05) is 37.3 Å². The maximum Gasteiger partial charge on any atom is 0.271 e. The van der Waals surface area contributed by atoms with E-state index in [0.29, 0.717) is 25.2 Å². The van der Waals surface area contributed by atoms with Crippen molar-refractivity contribution in [3.8, 4) is 11.3 Å². The average molecular weight is 285 g/mol. The van der Waals surface area contributed by atoms with E-state index in [-0.39, 0.29) is 17.9 Å². The summed E-state index contributed by atoms with van der Waals surface area (Å²) in [7, 11) is 0. The number of likely N-dealkylation sites (tertiary alicyclic amines) is 1. The van der Waals surface area contributed by atoms with Gasteiger partial charge in [0.15, 0.2) is 0 Å². The van der Waals surface area contributed by atoms with E-state index < -0.39 is 0 Å². The van der Waals surface area contributed by atoms with E-state index in [1.54, 1.807) is 11.0 Å². The Labute approximate surface area is 123 Å². The summed E-state index contributed by atoms with van der Waals surface area (Å²) < 4.78 is 0. The lowest BCUT2D eigenvalue weighted by molar-refractivity contribution is 0.0294. The number of hydrogen-bond acceptors (Lipinski definition) is 3. The van der Waals surface area contributed by atoms with Crippen LogP contribution in [0.5, 0.6) is 0 Å². The molecule has 2 heterocycles. The monoisotopic (exact) mass is 285 g/mol. The van der Waals surface area contributed by atoms with Gasteiger partial charge < -0.3 is 10.0 Å². The Morgan fingerprint density at radius 2 is 2.14 bits per heavy atom. The van der Waals surface area contributed by atoms with Crippen molar-refractivity contribution in [2.75, 3.05) is 13.1 Å². The maximum atomic E-state index is 12.5. The highest BCUT2D eigenvalue weighted by Gasteiger charge is 2.28. The number of aromatic nitrogens is 2. The van der Waals surface area contributed by atoms with Gasteiger partial charge in [-0.2, -0.15) is 5.10 Å². The third-order valence-electron chi connectivity index (χ3n) is 4.03. The number of nitrogens with one attached hydrogen (secondary N) is 1. The molecule has 1 saturated heterocycles. The molecular weight excluding hydrogens is 266 g/mol. The Hall–Kier alpha value is -2.14. The molecule has 0 radical (unpaired) electrons. The zero-order valence-corrected chi connectivity index (χ0v) is 12.0. The summed E-state index contributed by atoms with van der Waals surface area (Å²) in [4.78, 5) is 14.2. The molecular formula is C16H19N3O2. The van der Waals surface area contributed by atoms with Crippen LogP contribution < -0.4 is 0 Å². The molecule has 21 heavy (non-hydrogen) atoms. The molecule has 0 saturated carbocycles. The summed E-state index contributed by atoms with van der Waals surface area (Å²) >= 11 is 0. The fourth-order valence-corrected chi connectivity index (χ4v) is 2.68. The van der Waals surface area contributed by atoms with Crippen molar-refractivity contribution in [1.82, 2.24) is 15.1 Å². The van der Waals surface area contributed by atoms with E-state index in [2.05, 4.69) is 10.2 Å². The van der Waals surface area contributed by atoms with E-state index in [1.165, 1.54) is 0 Å². The average Bonchev–Trinajstić information content (AvgIpc) is 3.00. The highest BCUT2D eigenvalue weighted by atomic mass is 16.3. The van der Waals surface area contributed by atoms with E-state index in [9.17, 15) is 9.90 Å². The van der Waals surface area contributed by atoms with Gasteiger partial charge in [-0.05, 0) is 18.4 Å². The van der Waals surface area contributed by atoms with Gasteiger partial charge in [-0.15, -0.1) is 0 Å². The lowest BCUT2D eigenvalue weighted by atomic mass is 9.96. The Kier molecular flexibility index (Phi) is 3.75. The number of piperidine rings is 1. The molecule has 2 N–H and O–H groups in total. The second-order valence-corrected chi connectivity index (χ2v) is 5.62. The number of aliphatic hydroxyl groups excluding tert-OH is 1. The molecule has 5 heteroatoms. The van der Waals surface area contributed by atoms with Crippen molar-refractivity contribution in [3.05, 3.63) is 42.1 Å². The number of amides is 1. The van der Waals surface area contributed by atoms with Crippen LogP contribution in [0.4, 0.5) is 0 Å². The number of rotatable bonds is 2. The van der Waals surface area contributed by atoms with Gasteiger partial charge >= 0.3 is 0 Å². The summed E-state index contributed by atoms with van der Waals surface area (Å²) in [6, 6.07) is 11.5. The molecule has 1 fully saturated rings. The smallest absolute Gasteiger partial charge is 0.271 e. The van der Waals surface area contributed by atoms with Crippen molar-refractivity contribution in [2.45, 2.75) is 19.4 Å². The fraction of sp³-hybridized carbons (Fsp3) is 0.375. The number of benzene rings is 1. The Bertz CT molecular complexity index is 623. The summed E-state index contributed by atoms with van der Waals surface area (Å²) in [5, 5.41) is 16.8. The molecule has 1 aromatic carbocycles. The molecule has 5 nitrogen and oxygen atoms in total. The van der Waals surface area contributed by atoms with Crippen LogP contribution in [-0.2, 0) is 0 Å². The van der Waals surface area contributed by atoms with E-state index in [4.69, 9.17) is 0 Å². The molecule has 0 bridgehead atoms. The van der Waals surface area contributed by atoms with Gasteiger partial charge in [0.1, 0.15) is 5.69 Å². The van der Waals surface area contributed by atoms with E-state index in [0.717, 1.165) is 11.3 Å². The minimum absolute atomic E-state index is 0.0524. The van der Waals surface area contributed by atoms with Gasteiger partial charge in [-0.3, -0.25) is 9.89 Å².